The SMILES string of the molecule is CC(C)(C)c1ccc(CCC(=O)NNC(=O)Cc2ccccc2)cc1. The fourth-order valence-electron chi connectivity index (χ4n) is 2.46. The van der Waals surface area contributed by atoms with Crippen molar-refractivity contribution in [3.8, 4) is 0 Å². The molecule has 0 aliphatic rings. The van der Waals surface area contributed by atoms with Crippen molar-refractivity contribution in [3.63, 3.8) is 0 Å². The van der Waals surface area contributed by atoms with E-state index >= 15 is 0 Å². The lowest BCUT2D eigenvalue weighted by molar-refractivity contribution is -0.128. The minimum Gasteiger partial charge on any atom is -0.273 e. The summed E-state index contributed by atoms with van der Waals surface area (Å²) < 4.78 is 0. The molecule has 0 aliphatic carbocycles. The molecule has 132 valence electrons. The lowest BCUT2D eigenvalue weighted by Gasteiger charge is -2.19. The Labute approximate surface area is 149 Å². The normalized spacial score (nSPS) is 11.0. The van der Waals surface area contributed by atoms with Crippen LogP contribution < -0.4 is 10.9 Å². The Hall–Kier alpha value is -2.62. The van der Waals surface area contributed by atoms with Crippen LogP contribution in [0.4, 0.5) is 0 Å². The van der Waals surface area contributed by atoms with E-state index in [0.29, 0.717) is 12.8 Å². The molecular weight excluding hydrogens is 312 g/mol. The first-order chi connectivity index (χ1) is 11.8. The Kier molecular flexibility index (Phi) is 6.34. The maximum absolute atomic E-state index is 11.9. The molecule has 0 aromatic heterocycles. The van der Waals surface area contributed by atoms with Gasteiger partial charge in [0.1, 0.15) is 0 Å². The molecule has 0 spiro atoms. The Morgan fingerprint density at radius 1 is 0.800 bits per heavy atom. The van der Waals surface area contributed by atoms with Crippen molar-refractivity contribution < 1.29 is 9.59 Å². The van der Waals surface area contributed by atoms with Crippen LogP contribution in [0.3, 0.4) is 0 Å². The molecule has 0 saturated heterocycles. The van der Waals surface area contributed by atoms with Crippen LogP contribution in [0.2, 0.25) is 0 Å². The third-order valence-corrected chi connectivity index (χ3v) is 4.01. The van der Waals surface area contributed by atoms with Crippen LogP contribution in [-0.4, -0.2) is 11.8 Å². The molecule has 2 amide bonds. The number of rotatable bonds is 5. The van der Waals surface area contributed by atoms with E-state index in [4.69, 9.17) is 0 Å². The summed E-state index contributed by atoms with van der Waals surface area (Å²) in [5.41, 5.74) is 8.34. The Morgan fingerprint density at radius 2 is 1.40 bits per heavy atom. The largest absolute Gasteiger partial charge is 0.273 e. The summed E-state index contributed by atoms with van der Waals surface area (Å²) in [6.45, 7) is 6.52. The van der Waals surface area contributed by atoms with Crippen molar-refractivity contribution in [2.45, 2.75) is 45.4 Å². The fraction of sp³-hybridized carbons (Fsp3) is 0.333. The highest BCUT2D eigenvalue weighted by Crippen LogP contribution is 2.22. The molecule has 2 N–H and O–H groups in total. The number of hydrogen-bond acceptors (Lipinski definition) is 2. The maximum Gasteiger partial charge on any atom is 0.242 e. The summed E-state index contributed by atoms with van der Waals surface area (Å²) >= 11 is 0. The summed E-state index contributed by atoms with van der Waals surface area (Å²) in [5.74, 6) is -0.421. The van der Waals surface area contributed by atoms with Crippen LogP contribution in [0.1, 0.15) is 43.9 Å². The molecule has 4 heteroatoms. The minimum atomic E-state index is -0.228. The lowest BCUT2D eigenvalue weighted by Crippen LogP contribution is -2.42. The van der Waals surface area contributed by atoms with Crippen molar-refractivity contribution in [2.24, 2.45) is 0 Å². The number of aryl methyl sites for hydroxylation is 1. The van der Waals surface area contributed by atoms with Gasteiger partial charge in [-0.15, -0.1) is 0 Å². The van der Waals surface area contributed by atoms with Crippen molar-refractivity contribution in [3.05, 3.63) is 71.3 Å². The predicted octanol–water partition coefficient (Wildman–Crippen LogP) is 3.31. The third-order valence-electron chi connectivity index (χ3n) is 4.01. The molecule has 0 saturated carbocycles. The van der Waals surface area contributed by atoms with E-state index in [1.165, 1.54) is 5.56 Å². The van der Waals surface area contributed by atoms with Gasteiger partial charge in [0, 0.05) is 6.42 Å². The second-order valence-electron chi connectivity index (χ2n) is 7.21. The van der Waals surface area contributed by atoms with Gasteiger partial charge >= 0.3 is 0 Å². The topological polar surface area (TPSA) is 58.2 Å². The Bertz CT molecular complexity index is 701. The monoisotopic (exact) mass is 338 g/mol. The number of benzene rings is 2. The minimum absolute atomic E-state index is 0.124. The van der Waals surface area contributed by atoms with Crippen LogP contribution in [-0.2, 0) is 27.8 Å². The fourth-order valence-corrected chi connectivity index (χ4v) is 2.46. The first-order valence-electron chi connectivity index (χ1n) is 8.55. The summed E-state index contributed by atoms with van der Waals surface area (Å²) in [4.78, 5) is 23.7. The molecule has 0 unspecified atom stereocenters. The zero-order valence-corrected chi connectivity index (χ0v) is 15.1. The van der Waals surface area contributed by atoms with Gasteiger partial charge in [-0.1, -0.05) is 75.4 Å². The first-order valence-corrected chi connectivity index (χ1v) is 8.55. The Morgan fingerprint density at radius 3 is 2.00 bits per heavy atom. The molecule has 2 aromatic carbocycles. The average molecular weight is 338 g/mol. The van der Waals surface area contributed by atoms with Gasteiger partial charge in [0.05, 0.1) is 6.42 Å². The van der Waals surface area contributed by atoms with Gasteiger partial charge in [-0.25, -0.2) is 0 Å². The van der Waals surface area contributed by atoms with Crippen molar-refractivity contribution in [1.29, 1.82) is 0 Å². The van der Waals surface area contributed by atoms with E-state index < -0.39 is 0 Å². The number of carbonyl (C=O) groups excluding carboxylic acids is 2. The van der Waals surface area contributed by atoms with Gasteiger partial charge in [0.25, 0.3) is 0 Å². The van der Waals surface area contributed by atoms with Gasteiger partial charge in [0.2, 0.25) is 11.8 Å². The zero-order valence-electron chi connectivity index (χ0n) is 15.1. The molecule has 25 heavy (non-hydrogen) atoms. The second-order valence-corrected chi connectivity index (χ2v) is 7.21. The molecule has 0 radical (unpaired) electrons. The van der Waals surface area contributed by atoms with Crippen molar-refractivity contribution >= 4 is 11.8 Å². The molecule has 0 atom stereocenters. The second kappa shape index (κ2) is 8.47. The van der Waals surface area contributed by atoms with E-state index in [-0.39, 0.29) is 23.7 Å². The molecule has 0 heterocycles. The average Bonchev–Trinajstić information content (AvgIpc) is 2.58. The van der Waals surface area contributed by atoms with E-state index in [0.717, 1.165) is 11.1 Å². The molecule has 0 fully saturated rings. The smallest absolute Gasteiger partial charge is 0.242 e. The van der Waals surface area contributed by atoms with Crippen LogP contribution in [0.15, 0.2) is 54.6 Å². The van der Waals surface area contributed by atoms with E-state index in [1.54, 1.807) is 0 Å². The summed E-state index contributed by atoms with van der Waals surface area (Å²) in [5, 5.41) is 0. The molecule has 2 aromatic rings. The van der Waals surface area contributed by atoms with Crippen molar-refractivity contribution in [2.75, 3.05) is 0 Å². The summed E-state index contributed by atoms with van der Waals surface area (Å²) in [6.07, 6.45) is 1.22. The number of carbonyl (C=O) groups is 2. The zero-order chi connectivity index (χ0) is 18.3. The van der Waals surface area contributed by atoms with Gasteiger partial charge in [-0.05, 0) is 28.5 Å². The lowest BCUT2D eigenvalue weighted by atomic mass is 9.86. The number of amides is 2. The highest BCUT2D eigenvalue weighted by molar-refractivity contribution is 5.83. The first kappa shape index (κ1) is 18.7. The number of hydrogen-bond donors (Lipinski definition) is 2. The summed E-state index contributed by atoms with van der Waals surface area (Å²) in [6, 6.07) is 17.7. The molecule has 0 aliphatic heterocycles. The van der Waals surface area contributed by atoms with E-state index in [9.17, 15) is 9.59 Å². The van der Waals surface area contributed by atoms with Gasteiger partial charge in [-0.3, -0.25) is 20.4 Å². The van der Waals surface area contributed by atoms with E-state index in [1.807, 2.05) is 30.3 Å². The highest BCUT2D eigenvalue weighted by atomic mass is 16.2. The molecule has 2 rings (SSSR count). The molecule has 4 nitrogen and oxygen atoms in total. The third kappa shape index (κ3) is 6.42. The predicted molar refractivity (Wildman–Crippen MR) is 99.9 cm³/mol. The van der Waals surface area contributed by atoms with Crippen LogP contribution >= 0.6 is 0 Å². The number of nitrogens with one attached hydrogen (secondary N) is 2. The molecular formula is C21H26N2O2. The summed E-state index contributed by atoms with van der Waals surface area (Å²) in [7, 11) is 0. The van der Waals surface area contributed by atoms with Crippen molar-refractivity contribution in [1.82, 2.24) is 10.9 Å². The van der Waals surface area contributed by atoms with Gasteiger partial charge in [0.15, 0.2) is 0 Å². The van der Waals surface area contributed by atoms with Crippen LogP contribution in [0.5, 0.6) is 0 Å². The molecule has 0 bridgehead atoms. The Balaban J connectivity index is 1.72. The quantitative estimate of drug-likeness (QED) is 0.822. The standard InChI is InChI=1S/C21H26N2O2/c1-21(2,3)18-12-9-16(10-13-18)11-14-19(24)22-23-20(25)15-17-7-5-4-6-8-17/h4-10,12-13H,11,14-15H2,1-3H3,(H,22,24)(H,23,25). The highest BCUT2D eigenvalue weighted by Gasteiger charge is 2.13. The number of hydrazine groups is 1. The van der Waals surface area contributed by atoms with Crippen LogP contribution in [0, 0.1) is 0 Å². The van der Waals surface area contributed by atoms with Crippen LogP contribution in [0.25, 0.3) is 0 Å². The maximum atomic E-state index is 11.9. The van der Waals surface area contributed by atoms with Gasteiger partial charge in [-0.2, -0.15) is 0 Å². The van der Waals surface area contributed by atoms with E-state index in [2.05, 4.69) is 55.9 Å². The van der Waals surface area contributed by atoms with Gasteiger partial charge < -0.3 is 0 Å².